The molecule has 0 saturated carbocycles. The van der Waals surface area contributed by atoms with E-state index in [1.54, 1.807) is 44.9 Å². The van der Waals surface area contributed by atoms with E-state index in [-0.39, 0.29) is 18.3 Å². The van der Waals surface area contributed by atoms with E-state index in [1.165, 1.54) is 23.5 Å². The number of carbonyl (C=O) groups is 1. The quantitative estimate of drug-likeness (QED) is 0.401. The maximum atomic E-state index is 13.0. The summed E-state index contributed by atoms with van der Waals surface area (Å²) in [6.07, 6.45) is 3.59. The van der Waals surface area contributed by atoms with E-state index in [1.807, 2.05) is 18.3 Å². The second kappa shape index (κ2) is 8.52. The van der Waals surface area contributed by atoms with Crippen molar-refractivity contribution in [3.63, 3.8) is 0 Å². The van der Waals surface area contributed by atoms with Crippen molar-refractivity contribution in [3.8, 4) is 11.3 Å². The van der Waals surface area contributed by atoms with Crippen molar-refractivity contribution in [2.75, 3.05) is 0 Å². The summed E-state index contributed by atoms with van der Waals surface area (Å²) in [7, 11) is 0. The summed E-state index contributed by atoms with van der Waals surface area (Å²) in [5.74, 6) is -0.513. The molecule has 0 radical (unpaired) electrons. The molecule has 0 saturated heterocycles. The van der Waals surface area contributed by atoms with E-state index in [4.69, 9.17) is 11.6 Å². The first-order chi connectivity index (χ1) is 15.5. The van der Waals surface area contributed by atoms with Crippen LogP contribution < -0.4 is 5.32 Å². The molecule has 0 unspecified atom stereocenters. The second-order valence-electron chi connectivity index (χ2n) is 7.12. The van der Waals surface area contributed by atoms with Gasteiger partial charge < -0.3 is 5.32 Å². The third kappa shape index (κ3) is 4.25. The summed E-state index contributed by atoms with van der Waals surface area (Å²) in [5, 5.41) is 13.5. The predicted octanol–water partition coefficient (Wildman–Crippen LogP) is 4.43. The average molecular weight is 467 g/mol. The van der Waals surface area contributed by atoms with Gasteiger partial charge in [0.15, 0.2) is 4.96 Å². The maximum Gasteiger partial charge on any atom is 0.269 e. The van der Waals surface area contributed by atoms with Crippen LogP contribution in [0.3, 0.4) is 0 Å². The Bertz CT molecular complexity index is 1390. The summed E-state index contributed by atoms with van der Waals surface area (Å²) in [6, 6.07) is 13.6. The minimum Gasteiger partial charge on any atom is -0.345 e. The molecule has 160 valence electrons. The molecular formula is C22H16ClFN6OS. The molecule has 1 N–H and O–H groups in total. The highest BCUT2D eigenvalue weighted by Gasteiger charge is 2.15. The van der Waals surface area contributed by atoms with E-state index in [0.717, 1.165) is 21.8 Å². The van der Waals surface area contributed by atoms with Crippen molar-refractivity contribution in [1.82, 2.24) is 29.7 Å². The number of nitrogens with one attached hydrogen (secondary N) is 1. The van der Waals surface area contributed by atoms with E-state index in [9.17, 15) is 9.18 Å². The number of hydrogen-bond acceptors (Lipinski definition) is 5. The molecule has 3 heterocycles. The Morgan fingerprint density at radius 3 is 2.66 bits per heavy atom. The zero-order valence-corrected chi connectivity index (χ0v) is 18.1. The lowest BCUT2D eigenvalue weighted by Gasteiger charge is -2.02. The van der Waals surface area contributed by atoms with Crippen molar-refractivity contribution in [2.24, 2.45) is 0 Å². The fourth-order valence-corrected chi connectivity index (χ4v) is 4.22. The second-order valence-corrected chi connectivity index (χ2v) is 8.40. The van der Waals surface area contributed by atoms with Gasteiger partial charge in [-0.25, -0.2) is 14.1 Å². The van der Waals surface area contributed by atoms with E-state index < -0.39 is 0 Å². The van der Waals surface area contributed by atoms with Crippen LogP contribution >= 0.6 is 22.9 Å². The largest absolute Gasteiger partial charge is 0.345 e. The van der Waals surface area contributed by atoms with Gasteiger partial charge in [-0.05, 0) is 29.8 Å². The fraction of sp³-hybridized carbons (Fsp3) is 0.0909. The molecular weight excluding hydrogens is 451 g/mol. The van der Waals surface area contributed by atoms with Gasteiger partial charge in [0.2, 0.25) is 0 Å². The lowest BCUT2D eigenvalue weighted by atomic mass is 10.2. The van der Waals surface area contributed by atoms with Crippen LogP contribution in [-0.2, 0) is 13.1 Å². The molecule has 10 heteroatoms. The number of nitrogens with zero attached hydrogens (tertiary/aromatic N) is 5. The summed E-state index contributed by atoms with van der Waals surface area (Å²) in [6.45, 7) is 0.702. The first-order valence-corrected chi connectivity index (χ1v) is 10.9. The molecule has 0 bridgehead atoms. The van der Waals surface area contributed by atoms with Crippen LogP contribution in [0.4, 0.5) is 4.39 Å². The number of fused-ring (bicyclic) bond motifs is 1. The number of aromatic nitrogens is 5. The van der Waals surface area contributed by atoms with Gasteiger partial charge in [-0.2, -0.15) is 0 Å². The van der Waals surface area contributed by atoms with E-state index >= 15 is 0 Å². The Hall–Kier alpha value is -3.56. The third-order valence-corrected chi connectivity index (χ3v) is 5.95. The molecule has 5 aromatic rings. The Kier molecular flexibility index (Phi) is 5.42. The van der Waals surface area contributed by atoms with Gasteiger partial charge in [-0.3, -0.25) is 9.20 Å². The standard InChI is InChI=1S/C22H16ClFN6OS/c23-16-5-3-15(4-6-16)19-12-30-20(13-32-22(30)26-19)21(31)25-9-18-11-29(28-27-18)10-14-1-7-17(24)8-2-14/h1-8,11-13H,9-10H2,(H,25,31). The zero-order valence-electron chi connectivity index (χ0n) is 16.6. The average Bonchev–Trinajstić information content (AvgIpc) is 3.50. The molecule has 2 aromatic carbocycles. The van der Waals surface area contributed by atoms with Gasteiger partial charge in [-0.15, -0.1) is 16.4 Å². The SMILES string of the molecule is O=C(NCc1cn(Cc2ccc(F)cc2)nn1)c1csc2nc(-c3ccc(Cl)cc3)cn12. The topological polar surface area (TPSA) is 77.1 Å². The molecule has 0 aliphatic heterocycles. The molecule has 32 heavy (non-hydrogen) atoms. The Morgan fingerprint density at radius 1 is 1.09 bits per heavy atom. The first-order valence-electron chi connectivity index (χ1n) is 9.69. The molecule has 0 aliphatic carbocycles. The van der Waals surface area contributed by atoms with Crippen LogP contribution in [0.25, 0.3) is 16.2 Å². The normalized spacial score (nSPS) is 11.2. The van der Waals surface area contributed by atoms with Crippen molar-refractivity contribution < 1.29 is 9.18 Å². The Balaban J connectivity index is 1.26. The zero-order chi connectivity index (χ0) is 22.1. The number of thiazole rings is 1. The number of benzene rings is 2. The number of carbonyl (C=O) groups excluding carboxylic acids is 1. The maximum absolute atomic E-state index is 13.0. The Labute approximate surface area is 191 Å². The predicted molar refractivity (Wildman–Crippen MR) is 120 cm³/mol. The third-order valence-electron chi connectivity index (χ3n) is 4.86. The van der Waals surface area contributed by atoms with Gasteiger partial charge in [-0.1, -0.05) is 41.1 Å². The molecule has 0 atom stereocenters. The lowest BCUT2D eigenvalue weighted by molar-refractivity contribution is 0.0945. The van der Waals surface area contributed by atoms with Crippen molar-refractivity contribution in [3.05, 3.63) is 94.1 Å². The molecule has 0 spiro atoms. The summed E-state index contributed by atoms with van der Waals surface area (Å²) < 4.78 is 16.5. The minimum absolute atomic E-state index is 0.232. The lowest BCUT2D eigenvalue weighted by Crippen LogP contribution is -2.24. The van der Waals surface area contributed by atoms with Gasteiger partial charge in [0.05, 0.1) is 25.0 Å². The van der Waals surface area contributed by atoms with Crippen LogP contribution in [0, 0.1) is 5.82 Å². The molecule has 1 amide bonds. The van der Waals surface area contributed by atoms with Crippen LogP contribution in [0.1, 0.15) is 21.7 Å². The van der Waals surface area contributed by atoms with Crippen molar-refractivity contribution >= 4 is 33.8 Å². The summed E-state index contributed by atoms with van der Waals surface area (Å²) in [5.41, 5.74) is 3.72. The van der Waals surface area contributed by atoms with Gasteiger partial charge >= 0.3 is 0 Å². The number of imidazole rings is 1. The van der Waals surface area contributed by atoms with Gasteiger partial charge in [0, 0.05) is 22.2 Å². The van der Waals surface area contributed by atoms with Gasteiger partial charge in [0.25, 0.3) is 5.91 Å². The van der Waals surface area contributed by atoms with Crippen LogP contribution in [0.2, 0.25) is 5.02 Å². The molecule has 0 aliphatic rings. The van der Waals surface area contributed by atoms with Crippen LogP contribution in [0.15, 0.2) is 66.3 Å². The van der Waals surface area contributed by atoms with Crippen molar-refractivity contribution in [2.45, 2.75) is 13.1 Å². The summed E-state index contributed by atoms with van der Waals surface area (Å²) >= 11 is 7.35. The Morgan fingerprint density at radius 2 is 1.88 bits per heavy atom. The smallest absolute Gasteiger partial charge is 0.269 e. The molecule has 5 rings (SSSR count). The number of hydrogen-bond donors (Lipinski definition) is 1. The highest BCUT2D eigenvalue weighted by molar-refractivity contribution is 7.15. The summed E-state index contributed by atoms with van der Waals surface area (Å²) in [4.78, 5) is 18.1. The monoisotopic (exact) mass is 466 g/mol. The number of halogens is 2. The number of rotatable bonds is 6. The van der Waals surface area contributed by atoms with Crippen LogP contribution in [-0.4, -0.2) is 30.3 Å². The number of amides is 1. The molecule has 0 fully saturated rings. The van der Waals surface area contributed by atoms with E-state index in [0.29, 0.717) is 23.0 Å². The first kappa shape index (κ1) is 20.3. The van der Waals surface area contributed by atoms with Crippen LogP contribution in [0.5, 0.6) is 0 Å². The van der Waals surface area contributed by atoms with E-state index in [2.05, 4.69) is 20.6 Å². The van der Waals surface area contributed by atoms with Crippen molar-refractivity contribution in [1.29, 1.82) is 0 Å². The highest BCUT2D eigenvalue weighted by atomic mass is 35.5. The molecule has 3 aromatic heterocycles. The minimum atomic E-state index is -0.281. The highest BCUT2D eigenvalue weighted by Crippen LogP contribution is 2.25. The van der Waals surface area contributed by atoms with Gasteiger partial charge in [0.1, 0.15) is 17.2 Å². The molecule has 7 nitrogen and oxygen atoms in total. The fourth-order valence-electron chi connectivity index (χ4n) is 3.24.